The number of carbonyl (C=O) groups excluding carboxylic acids is 1. The quantitative estimate of drug-likeness (QED) is 0.787. The molecule has 1 aliphatic rings. The molecule has 3 N–H and O–H groups in total. The maximum atomic E-state index is 11.8. The molecule has 1 fully saturated rings. The first-order chi connectivity index (χ1) is 8.04. The summed E-state index contributed by atoms with van der Waals surface area (Å²) in [5.74, 6) is 0.733. The number of hydrogen-bond donors (Lipinski definition) is 2. The zero-order chi connectivity index (χ0) is 12.6. The van der Waals surface area contributed by atoms with Crippen molar-refractivity contribution in [1.29, 1.82) is 0 Å². The maximum absolute atomic E-state index is 11.8. The van der Waals surface area contributed by atoms with Gasteiger partial charge in [-0.1, -0.05) is 6.92 Å². The first-order valence-electron chi connectivity index (χ1n) is 6.26. The highest BCUT2D eigenvalue weighted by Crippen LogP contribution is 2.51. The Kier molecular flexibility index (Phi) is 3.43. The minimum atomic E-state index is 0.159. The van der Waals surface area contributed by atoms with Crippen molar-refractivity contribution in [2.45, 2.75) is 52.0 Å². The van der Waals surface area contributed by atoms with E-state index in [0.29, 0.717) is 18.4 Å². The van der Waals surface area contributed by atoms with E-state index < -0.39 is 0 Å². The molecule has 0 unspecified atom stereocenters. The summed E-state index contributed by atoms with van der Waals surface area (Å²) in [7, 11) is 0. The van der Waals surface area contributed by atoms with Gasteiger partial charge in [0, 0.05) is 18.0 Å². The van der Waals surface area contributed by atoms with Crippen LogP contribution in [0.4, 0.5) is 10.7 Å². The van der Waals surface area contributed by atoms with Crippen LogP contribution in [0.5, 0.6) is 0 Å². The second-order valence-corrected chi connectivity index (χ2v) is 5.96. The van der Waals surface area contributed by atoms with E-state index in [0.717, 1.165) is 15.6 Å². The molecule has 1 heterocycles. The number of carbonyl (C=O) groups is 1. The van der Waals surface area contributed by atoms with Gasteiger partial charge >= 0.3 is 0 Å². The van der Waals surface area contributed by atoms with Crippen molar-refractivity contribution in [3.8, 4) is 0 Å². The van der Waals surface area contributed by atoms with Crippen LogP contribution in [-0.4, -0.2) is 11.8 Å². The van der Waals surface area contributed by atoms with Crippen molar-refractivity contribution in [1.82, 2.24) is 0 Å². The van der Waals surface area contributed by atoms with Gasteiger partial charge in [0.05, 0.1) is 15.6 Å². The Morgan fingerprint density at radius 1 is 1.53 bits per heavy atom. The fourth-order valence-corrected chi connectivity index (χ4v) is 3.33. The highest BCUT2D eigenvalue weighted by molar-refractivity contribution is 7.18. The summed E-state index contributed by atoms with van der Waals surface area (Å²) in [4.78, 5) is 12.6. The van der Waals surface area contributed by atoms with Crippen molar-refractivity contribution < 1.29 is 4.79 Å². The number of anilines is 2. The summed E-state index contributed by atoms with van der Waals surface area (Å²) in [6.45, 7) is 6.09. The Hall–Kier alpha value is -1.03. The Balaban J connectivity index is 2.39. The van der Waals surface area contributed by atoms with Gasteiger partial charge in [-0.3, -0.25) is 4.79 Å². The summed E-state index contributed by atoms with van der Waals surface area (Å²) >= 11 is 1.53. The smallest absolute Gasteiger partial charge is 0.174 e. The van der Waals surface area contributed by atoms with Gasteiger partial charge < -0.3 is 11.1 Å². The van der Waals surface area contributed by atoms with E-state index in [9.17, 15) is 4.79 Å². The molecule has 2 rings (SSSR count). The molecule has 3 nitrogen and oxygen atoms in total. The van der Waals surface area contributed by atoms with Crippen LogP contribution in [0.1, 0.15) is 61.2 Å². The first kappa shape index (κ1) is 12.4. The number of thiophene rings is 1. The average molecular weight is 252 g/mol. The van der Waals surface area contributed by atoms with Crippen LogP contribution >= 0.6 is 11.3 Å². The van der Waals surface area contributed by atoms with Crippen molar-refractivity contribution >= 4 is 27.8 Å². The maximum Gasteiger partial charge on any atom is 0.174 e. The van der Waals surface area contributed by atoms with Crippen LogP contribution in [0.2, 0.25) is 0 Å². The Morgan fingerprint density at radius 3 is 2.65 bits per heavy atom. The molecule has 0 amide bonds. The van der Waals surface area contributed by atoms with Crippen molar-refractivity contribution in [2.24, 2.45) is 0 Å². The molecule has 0 radical (unpaired) electrons. The van der Waals surface area contributed by atoms with Gasteiger partial charge in [0.2, 0.25) is 0 Å². The highest BCUT2D eigenvalue weighted by Gasteiger charge is 2.32. The topological polar surface area (TPSA) is 55.1 Å². The van der Waals surface area contributed by atoms with E-state index in [1.165, 1.54) is 29.7 Å². The molecule has 0 bridgehead atoms. The monoisotopic (exact) mass is 252 g/mol. The molecule has 17 heavy (non-hydrogen) atoms. The summed E-state index contributed by atoms with van der Waals surface area (Å²) in [6.07, 6.45) is 2.93. The summed E-state index contributed by atoms with van der Waals surface area (Å²) < 4.78 is 0. The molecule has 0 spiro atoms. The molecule has 0 atom stereocenters. The normalized spacial score (nSPS) is 15.3. The largest absolute Gasteiger partial charge is 0.397 e. The zero-order valence-corrected chi connectivity index (χ0v) is 11.5. The zero-order valence-electron chi connectivity index (χ0n) is 10.7. The molecule has 1 aromatic rings. The lowest BCUT2D eigenvalue weighted by Crippen LogP contribution is -2.09. The standard InChI is InChI=1S/C13H20N2OS/c1-4-9(16)12-11(14)10(8-5-6-8)13(17-12)15-7(2)3/h7-8,15H,4-6,14H2,1-3H3. The lowest BCUT2D eigenvalue weighted by molar-refractivity contribution is 0.0993. The van der Waals surface area contributed by atoms with Crippen LogP contribution in [0.3, 0.4) is 0 Å². The van der Waals surface area contributed by atoms with E-state index in [1.807, 2.05) is 6.92 Å². The minimum absolute atomic E-state index is 0.159. The molecule has 1 aliphatic carbocycles. The van der Waals surface area contributed by atoms with Crippen molar-refractivity contribution in [3.05, 3.63) is 10.4 Å². The number of nitrogen functional groups attached to an aromatic ring is 1. The number of Topliss-reactive ketones (excluding diaryl/α,β-unsaturated/α-hetero) is 1. The molecule has 94 valence electrons. The number of rotatable bonds is 5. The molecular weight excluding hydrogens is 232 g/mol. The predicted octanol–water partition coefficient (Wildman–Crippen LogP) is 3.62. The van der Waals surface area contributed by atoms with E-state index in [4.69, 9.17) is 5.73 Å². The second kappa shape index (κ2) is 4.69. The Bertz CT molecular complexity index is 433. The molecule has 0 aromatic carbocycles. The molecule has 1 aromatic heterocycles. The van der Waals surface area contributed by atoms with Gasteiger partial charge in [-0.25, -0.2) is 0 Å². The summed E-state index contributed by atoms with van der Waals surface area (Å²) in [5.41, 5.74) is 8.07. The van der Waals surface area contributed by atoms with Gasteiger partial charge in [-0.2, -0.15) is 0 Å². The lowest BCUT2D eigenvalue weighted by atomic mass is 10.1. The average Bonchev–Trinajstić information content (AvgIpc) is 3.03. The lowest BCUT2D eigenvalue weighted by Gasteiger charge is -2.10. The van der Waals surface area contributed by atoms with Crippen molar-refractivity contribution in [2.75, 3.05) is 11.1 Å². The second-order valence-electron chi connectivity index (χ2n) is 4.94. The van der Waals surface area contributed by atoms with Crippen molar-refractivity contribution in [3.63, 3.8) is 0 Å². The molecular formula is C13H20N2OS. The van der Waals surface area contributed by atoms with Crippen LogP contribution in [0, 0.1) is 0 Å². The number of hydrogen-bond acceptors (Lipinski definition) is 4. The van der Waals surface area contributed by atoms with E-state index in [2.05, 4.69) is 19.2 Å². The highest BCUT2D eigenvalue weighted by atomic mass is 32.1. The minimum Gasteiger partial charge on any atom is -0.397 e. The fourth-order valence-electron chi connectivity index (χ4n) is 1.97. The van der Waals surface area contributed by atoms with Gasteiger partial charge in [-0.15, -0.1) is 11.3 Å². The van der Waals surface area contributed by atoms with E-state index in [1.54, 1.807) is 0 Å². The van der Waals surface area contributed by atoms with Crippen LogP contribution in [0.15, 0.2) is 0 Å². The van der Waals surface area contributed by atoms with Crippen LogP contribution in [-0.2, 0) is 0 Å². The number of nitrogens with one attached hydrogen (secondary N) is 1. The summed E-state index contributed by atoms with van der Waals surface area (Å²) in [5, 5.41) is 4.53. The Morgan fingerprint density at radius 2 is 2.18 bits per heavy atom. The predicted molar refractivity (Wildman–Crippen MR) is 74.1 cm³/mol. The van der Waals surface area contributed by atoms with E-state index in [-0.39, 0.29) is 5.78 Å². The van der Waals surface area contributed by atoms with Gasteiger partial charge in [-0.05, 0) is 32.6 Å². The summed E-state index contributed by atoms with van der Waals surface area (Å²) in [6, 6.07) is 0.370. The third-order valence-electron chi connectivity index (χ3n) is 2.96. The SMILES string of the molecule is CCC(=O)c1sc(NC(C)C)c(C2CC2)c1N. The van der Waals surface area contributed by atoms with Crippen LogP contribution < -0.4 is 11.1 Å². The first-order valence-corrected chi connectivity index (χ1v) is 7.08. The third kappa shape index (κ3) is 2.46. The number of ketones is 1. The molecule has 1 saturated carbocycles. The Labute approximate surface area is 106 Å². The molecule has 4 heteroatoms. The molecule has 0 saturated heterocycles. The fraction of sp³-hybridized carbons (Fsp3) is 0.615. The van der Waals surface area contributed by atoms with Gasteiger partial charge in [0.25, 0.3) is 0 Å². The van der Waals surface area contributed by atoms with Gasteiger partial charge in [0.1, 0.15) is 0 Å². The molecule has 0 aliphatic heterocycles. The number of nitrogens with two attached hydrogens (primary N) is 1. The van der Waals surface area contributed by atoms with Crippen LogP contribution in [0.25, 0.3) is 0 Å². The van der Waals surface area contributed by atoms with E-state index >= 15 is 0 Å². The van der Waals surface area contributed by atoms with Gasteiger partial charge in [0.15, 0.2) is 5.78 Å². The third-order valence-corrected chi connectivity index (χ3v) is 4.16.